The molecule has 0 fully saturated rings. The molecule has 0 bridgehead atoms. The number of rotatable bonds is 6. The molecule has 0 saturated heterocycles. The Hall–Kier alpha value is -1.46. The molecule has 0 radical (unpaired) electrons. The van der Waals surface area contributed by atoms with Crippen LogP contribution in [0.1, 0.15) is 25.5 Å². The molecular weight excluding hydrogens is 247 g/mol. The van der Waals surface area contributed by atoms with Crippen molar-refractivity contribution in [2.24, 2.45) is 0 Å². The van der Waals surface area contributed by atoms with Crippen molar-refractivity contribution < 1.29 is 14.3 Å². The van der Waals surface area contributed by atoms with Crippen LogP contribution in [0.4, 0.5) is 4.39 Å². The van der Waals surface area contributed by atoms with Gasteiger partial charge in [0.1, 0.15) is 5.82 Å². The maximum atomic E-state index is 12.8. The number of hydrogen-bond acceptors (Lipinski definition) is 3. The summed E-state index contributed by atoms with van der Waals surface area (Å²) in [4.78, 5) is 13.4. The first kappa shape index (κ1) is 15.6. The van der Waals surface area contributed by atoms with E-state index in [0.29, 0.717) is 12.1 Å². The van der Waals surface area contributed by atoms with Crippen LogP contribution in [0.25, 0.3) is 0 Å². The molecule has 0 aromatic heterocycles. The molecule has 1 aromatic carbocycles. The first-order chi connectivity index (χ1) is 8.95. The number of benzene rings is 1. The molecule has 1 amide bonds. The van der Waals surface area contributed by atoms with Gasteiger partial charge in [0.15, 0.2) is 0 Å². The Morgan fingerprint density at radius 3 is 2.53 bits per heavy atom. The maximum Gasteiger partial charge on any atom is 0.239 e. The summed E-state index contributed by atoms with van der Waals surface area (Å²) < 4.78 is 12.8. The van der Waals surface area contributed by atoms with Gasteiger partial charge < -0.3 is 15.3 Å². The lowest BCUT2D eigenvalue weighted by atomic mass is 10.1. The lowest BCUT2D eigenvalue weighted by Crippen LogP contribution is -2.44. The molecule has 0 heterocycles. The van der Waals surface area contributed by atoms with Crippen LogP contribution in [0.15, 0.2) is 24.3 Å². The molecule has 19 heavy (non-hydrogen) atoms. The number of aliphatic hydroxyl groups is 1. The Balaban J connectivity index is 2.48. The standard InChI is InChI=1S/C14H21FN2O2/c1-4-17(3)14(19)10(2)16-9-13(18)11-5-7-12(15)8-6-11/h5-8,10,13,16,18H,4,9H2,1-3H3. The summed E-state index contributed by atoms with van der Waals surface area (Å²) in [6.45, 7) is 4.55. The number of nitrogens with zero attached hydrogens (tertiary/aromatic N) is 1. The molecule has 0 aliphatic carbocycles. The van der Waals surface area contributed by atoms with Gasteiger partial charge in [-0.2, -0.15) is 0 Å². The van der Waals surface area contributed by atoms with Crippen molar-refractivity contribution in [2.45, 2.75) is 26.0 Å². The first-order valence-electron chi connectivity index (χ1n) is 6.37. The van der Waals surface area contributed by atoms with E-state index < -0.39 is 6.10 Å². The van der Waals surface area contributed by atoms with E-state index in [1.54, 1.807) is 18.9 Å². The second-order valence-electron chi connectivity index (χ2n) is 4.55. The van der Waals surface area contributed by atoms with Gasteiger partial charge in [0.05, 0.1) is 12.1 Å². The lowest BCUT2D eigenvalue weighted by Gasteiger charge is -2.22. The third-order valence-corrected chi connectivity index (χ3v) is 3.09. The number of hydrogen-bond donors (Lipinski definition) is 2. The fourth-order valence-corrected chi connectivity index (χ4v) is 1.66. The highest BCUT2D eigenvalue weighted by atomic mass is 19.1. The third-order valence-electron chi connectivity index (χ3n) is 3.09. The normalized spacial score (nSPS) is 13.9. The zero-order valence-corrected chi connectivity index (χ0v) is 11.6. The summed E-state index contributed by atoms with van der Waals surface area (Å²) in [6, 6.07) is 5.31. The quantitative estimate of drug-likeness (QED) is 0.818. The molecule has 2 unspecified atom stereocenters. The minimum atomic E-state index is -0.761. The number of amides is 1. The molecule has 106 valence electrons. The summed E-state index contributed by atoms with van der Waals surface area (Å²) in [5.74, 6) is -0.356. The lowest BCUT2D eigenvalue weighted by molar-refractivity contribution is -0.131. The number of halogens is 1. The largest absolute Gasteiger partial charge is 0.387 e. The molecule has 0 aliphatic heterocycles. The van der Waals surface area contributed by atoms with Crippen LogP contribution >= 0.6 is 0 Å². The van der Waals surface area contributed by atoms with E-state index in [9.17, 15) is 14.3 Å². The van der Waals surface area contributed by atoms with E-state index in [0.717, 1.165) is 0 Å². The van der Waals surface area contributed by atoms with Crippen molar-refractivity contribution in [1.29, 1.82) is 0 Å². The van der Waals surface area contributed by atoms with Crippen molar-refractivity contribution in [3.63, 3.8) is 0 Å². The minimum Gasteiger partial charge on any atom is -0.387 e. The summed E-state index contributed by atoms with van der Waals surface area (Å²) in [7, 11) is 1.73. The Morgan fingerprint density at radius 2 is 2.00 bits per heavy atom. The second-order valence-corrected chi connectivity index (χ2v) is 4.55. The average molecular weight is 268 g/mol. The second kappa shape index (κ2) is 7.21. The highest BCUT2D eigenvalue weighted by Crippen LogP contribution is 2.12. The van der Waals surface area contributed by atoms with Gasteiger partial charge in [-0.3, -0.25) is 4.79 Å². The number of likely N-dealkylation sites (N-methyl/N-ethyl adjacent to an activating group) is 1. The summed E-state index contributed by atoms with van der Waals surface area (Å²) in [5, 5.41) is 12.9. The fourth-order valence-electron chi connectivity index (χ4n) is 1.66. The number of aliphatic hydroxyl groups excluding tert-OH is 1. The van der Waals surface area contributed by atoms with E-state index in [2.05, 4.69) is 5.32 Å². The van der Waals surface area contributed by atoms with Gasteiger partial charge in [-0.1, -0.05) is 12.1 Å². The minimum absolute atomic E-state index is 0.0196. The molecular formula is C14H21FN2O2. The molecule has 0 spiro atoms. The van der Waals surface area contributed by atoms with Gasteiger partial charge in [0, 0.05) is 20.1 Å². The molecule has 2 atom stereocenters. The molecule has 1 aromatic rings. The van der Waals surface area contributed by atoms with Crippen LogP contribution in [0, 0.1) is 5.82 Å². The van der Waals surface area contributed by atoms with Crippen molar-refractivity contribution in [1.82, 2.24) is 10.2 Å². The number of nitrogens with one attached hydrogen (secondary N) is 1. The van der Waals surface area contributed by atoms with Gasteiger partial charge in [0.2, 0.25) is 5.91 Å². The Labute approximate surface area is 113 Å². The van der Waals surface area contributed by atoms with Crippen molar-refractivity contribution in [3.8, 4) is 0 Å². The van der Waals surface area contributed by atoms with Crippen LogP contribution in [-0.2, 0) is 4.79 Å². The number of carbonyl (C=O) groups is 1. The molecule has 5 heteroatoms. The van der Waals surface area contributed by atoms with Gasteiger partial charge >= 0.3 is 0 Å². The van der Waals surface area contributed by atoms with Crippen molar-refractivity contribution >= 4 is 5.91 Å². The summed E-state index contributed by atoms with van der Waals surface area (Å²) in [5.41, 5.74) is 0.623. The first-order valence-corrected chi connectivity index (χ1v) is 6.37. The zero-order valence-electron chi connectivity index (χ0n) is 11.6. The van der Waals surface area contributed by atoms with Gasteiger partial charge in [0.25, 0.3) is 0 Å². The molecule has 1 rings (SSSR count). The maximum absolute atomic E-state index is 12.8. The van der Waals surface area contributed by atoms with Crippen molar-refractivity contribution in [2.75, 3.05) is 20.1 Å². The van der Waals surface area contributed by atoms with Gasteiger partial charge in [-0.05, 0) is 31.5 Å². The fraction of sp³-hybridized carbons (Fsp3) is 0.500. The predicted molar refractivity (Wildman–Crippen MR) is 72.1 cm³/mol. The SMILES string of the molecule is CCN(C)C(=O)C(C)NCC(O)c1ccc(F)cc1. The Bertz CT molecular complexity index is 408. The predicted octanol–water partition coefficient (Wildman–Crippen LogP) is 1.32. The summed E-state index contributed by atoms with van der Waals surface area (Å²) in [6.07, 6.45) is -0.761. The third kappa shape index (κ3) is 4.61. The van der Waals surface area contributed by atoms with Crippen LogP contribution in [0.3, 0.4) is 0 Å². The van der Waals surface area contributed by atoms with E-state index in [1.165, 1.54) is 24.3 Å². The van der Waals surface area contributed by atoms with Crippen LogP contribution in [0.2, 0.25) is 0 Å². The van der Waals surface area contributed by atoms with Gasteiger partial charge in [-0.15, -0.1) is 0 Å². The monoisotopic (exact) mass is 268 g/mol. The molecule has 4 nitrogen and oxygen atoms in total. The molecule has 0 saturated carbocycles. The average Bonchev–Trinajstić information content (AvgIpc) is 2.43. The van der Waals surface area contributed by atoms with E-state index in [-0.39, 0.29) is 24.3 Å². The topological polar surface area (TPSA) is 52.6 Å². The van der Waals surface area contributed by atoms with E-state index >= 15 is 0 Å². The Kier molecular flexibility index (Phi) is 5.92. The molecule has 2 N–H and O–H groups in total. The van der Waals surface area contributed by atoms with Gasteiger partial charge in [-0.25, -0.2) is 4.39 Å². The van der Waals surface area contributed by atoms with Crippen LogP contribution < -0.4 is 5.32 Å². The van der Waals surface area contributed by atoms with Crippen LogP contribution in [0.5, 0.6) is 0 Å². The highest BCUT2D eigenvalue weighted by Gasteiger charge is 2.17. The van der Waals surface area contributed by atoms with Crippen LogP contribution in [-0.4, -0.2) is 42.1 Å². The Morgan fingerprint density at radius 1 is 1.42 bits per heavy atom. The highest BCUT2D eigenvalue weighted by molar-refractivity contribution is 5.81. The van der Waals surface area contributed by atoms with E-state index in [1.807, 2.05) is 6.92 Å². The van der Waals surface area contributed by atoms with E-state index in [4.69, 9.17) is 0 Å². The zero-order chi connectivity index (χ0) is 14.4. The van der Waals surface area contributed by atoms with Crippen molar-refractivity contribution in [3.05, 3.63) is 35.6 Å². The smallest absolute Gasteiger partial charge is 0.239 e. The number of carbonyl (C=O) groups excluding carboxylic acids is 1. The molecule has 0 aliphatic rings. The summed E-state index contributed by atoms with van der Waals surface area (Å²) >= 11 is 0.